The maximum atomic E-state index is 2.38. The average Bonchev–Trinajstić information content (AvgIpc) is 3.77. The number of nitrogens with zero attached hydrogens (tertiary/aromatic N) is 1. The van der Waals surface area contributed by atoms with Crippen LogP contribution in [0, 0.1) is 0 Å². The monoisotopic (exact) mass is 823 g/mol. The van der Waals surface area contributed by atoms with E-state index in [1.165, 1.54) is 120 Å². The van der Waals surface area contributed by atoms with E-state index in [1.807, 2.05) is 0 Å². The fourth-order valence-corrected chi connectivity index (χ4v) is 10.3. The zero-order chi connectivity index (χ0) is 42.8. The van der Waals surface area contributed by atoms with Gasteiger partial charge in [-0.25, -0.2) is 0 Å². The Morgan fingerprint density at radius 2 is 0.615 bits per heavy atom. The minimum Gasteiger partial charge on any atom is -0.316 e. The molecule has 1 heteroatoms. The molecule has 65 heavy (non-hydrogen) atoms. The summed E-state index contributed by atoms with van der Waals surface area (Å²) >= 11 is 0. The lowest BCUT2D eigenvalue weighted by atomic mass is 9.92. The van der Waals surface area contributed by atoms with Crippen LogP contribution in [0.25, 0.3) is 126 Å². The average molecular weight is 824 g/mol. The van der Waals surface area contributed by atoms with Gasteiger partial charge in [0.1, 0.15) is 0 Å². The summed E-state index contributed by atoms with van der Waals surface area (Å²) in [6, 6.07) is 89.3. The largest absolute Gasteiger partial charge is 0.316 e. The summed E-state index contributed by atoms with van der Waals surface area (Å²) in [7, 11) is 0. The van der Waals surface area contributed by atoms with Gasteiger partial charge in [-0.2, -0.15) is 0 Å². The molecule has 0 aliphatic rings. The van der Waals surface area contributed by atoms with Gasteiger partial charge in [-0.3, -0.25) is 0 Å². The molecular weight excluding hydrogens is 783 g/mol. The Labute approximate surface area is 377 Å². The van der Waals surface area contributed by atoms with Crippen LogP contribution in [-0.2, 0) is 0 Å². The fourth-order valence-electron chi connectivity index (χ4n) is 10.3. The topological polar surface area (TPSA) is 4.93 Å². The molecule has 13 aromatic rings. The van der Waals surface area contributed by atoms with Crippen LogP contribution in [0.4, 0.5) is 0 Å². The van der Waals surface area contributed by atoms with Crippen LogP contribution < -0.4 is 0 Å². The van der Waals surface area contributed by atoms with Crippen LogP contribution in [0.1, 0.15) is 0 Å². The third kappa shape index (κ3) is 6.32. The van der Waals surface area contributed by atoms with Crippen LogP contribution >= 0.6 is 0 Å². The van der Waals surface area contributed by atoms with Gasteiger partial charge in [-0.15, -0.1) is 0 Å². The van der Waals surface area contributed by atoms with Crippen molar-refractivity contribution in [1.82, 2.24) is 4.57 Å². The molecule has 302 valence electrons. The van der Waals surface area contributed by atoms with Crippen molar-refractivity contribution in [3.05, 3.63) is 249 Å². The molecule has 0 N–H and O–H groups in total. The summed E-state index contributed by atoms with van der Waals surface area (Å²) in [6.45, 7) is 0. The van der Waals surface area contributed by atoms with Gasteiger partial charge in [-0.05, 0) is 146 Å². The molecule has 0 radical (unpaired) electrons. The predicted molar refractivity (Wildman–Crippen MR) is 278 cm³/mol. The lowest BCUT2D eigenvalue weighted by Gasteiger charge is -2.12. The van der Waals surface area contributed by atoms with Crippen molar-refractivity contribution in [3.63, 3.8) is 0 Å². The first-order chi connectivity index (χ1) is 32.2. The van der Waals surface area contributed by atoms with Gasteiger partial charge in [0.05, 0.1) is 5.52 Å². The Hall–Kier alpha value is -8.52. The number of fused-ring (bicyclic) bond motifs is 8. The maximum absolute atomic E-state index is 2.38. The van der Waals surface area contributed by atoms with Crippen molar-refractivity contribution >= 4 is 64.8 Å². The molecule has 0 saturated carbocycles. The summed E-state index contributed by atoms with van der Waals surface area (Å²) < 4.78 is 2.36. The molecule has 1 aromatic heterocycles. The van der Waals surface area contributed by atoms with Crippen molar-refractivity contribution in [1.29, 1.82) is 0 Å². The molecule has 0 amide bonds. The van der Waals surface area contributed by atoms with Gasteiger partial charge >= 0.3 is 0 Å². The molecule has 0 unspecified atom stereocenters. The maximum Gasteiger partial charge on any atom is 0.0535 e. The standard InChI is InChI=1S/C64H41N/c1-2-12-48-37-49(30-23-42(48)11-1)44-31-34-53(35-32-44)65-41-63(47-28-26-46(27-29-47)61-40-52-14-4-6-16-55(52)57-18-8-10-20-59(57)61)62-38-50(33-36-64(62)65)43-21-24-45(25-22-43)60-39-51-13-3-5-15-54(51)56-17-7-9-19-58(56)60/h1-41H. The number of rotatable bonds is 6. The van der Waals surface area contributed by atoms with Gasteiger partial charge < -0.3 is 4.57 Å². The third-order valence-corrected chi connectivity index (χ3v) is 13.6. The Morgan fingerprint density at radius 3 is 1.18 bits per heavy atom. The summed E-state index contributed by atoms with van der Waals surface area (Å²) in [6.07, 6.45) is 2.33. The molecule has 0 aliphatic carbocycles. The van der Waals surface area contributed by atoms with Gasteiger partial charge in [0, 0.05) is 22.8 Å². The minimum absolute atomic E-state index is 1.13. The SMILES string of the molecule is c1ccc2cc(-c3ccc(-n4cc(-c5ccc(-c6cc7ccccc7c7ccccc67)cc5)c5cc(-c6ccc(-c7cc8ccccc8c8ccccc78)cc6)ccc54)cc3)ccc2c1. The molecule has 0 saturated heterocycles. The van der Waals surface area contributed by atoms with Crippen molar-refractivity contribution in [2.75, 3.05) is 0 Å². The Morgan fingerprint density at radius 1 is 0.215 bits per heavy atom. The van der Waals surface area contributed by atoms with Gasteiger partial charge in [0.15, 0.2) is 0 Å². The quantitative estimate of drug-likeness (QED) is 0.147. The lowest BCUT2D eigenvalue weighted by Crippen LogP contribution is -1.92. The summed E-state index contributed by atoms with van der Waals surface area (Å²) in [5.41, 5.74) is 14.4. The van der Waals surface area contributed by atoms with E-state index in [9.17, 15) is 0 Å². The second-order valence-electron chi connectivity index (χ2n) is 17.3. The van der Waals surface area contributed by atoms with Crippen LogP contribution in [0.2, 0.25) is 0 Å². The first-order valence-corrected chi connectivity index (χ1v) is 22.5. The van der Waals surface area contributed by atoms with Crippen molar-refractivity contribution in [2.45, 2.75) is 0 Å². The van der Waals surface area contributed by atoms with Gasteiger partial charge in [-0.1, -0.05) is 200 Å². The highest BCUT2D eigenvalue weighted by atomic mass is 15.0. The number of hydrogen-bond acceptors (Lipinski definition) is 0. The Balaban J connectivity index is 0.916. The zero-order valence-electron chi connectivity index (χ0n) is 35.6. The third-order valence-electron chi connectivity index (χ3n) is 13.6. The molecule has 0 fully saturated rings. The summed E-state index contributed by atoms with van der Waals surface area (Å²) in [5.74, 6) is 0. The summed E-state index contributed by atoms with van der Waals surface area (Å²) in [4.78, 5) is 0. The predicted octanol–water partition coefficient (Wildman–Crippen LogP) is 17.7. The highest BCUT2D eigenvalue weighted by Crippen LogP contribution is 2.41. The smallest absolute Gasteiger partial charge is 0.0535 e. The van der Waals surface area contributed by atoms with E-state index in [-0.39, 0.29) is 0 Å². The van der Waals surface area contributed by atoms with E-state index in [0.717, 1.165) is 5.69 Å². The van der Waals surface area contributed by atoms with Crippen molar-refractivity contribution in [2.24, 2.45) is 0 Å². The van der Waals surface area contributed by atoms with Crippen LogP contribution in [0.5, 0.6) is 0 Å². The number of aromatic nitrogens is 1. The molecule has 0 atom stereocenters. The van der Waals surface area contributed by atoms with Gasteiger partial charge in [0.2, 0.25) is 0 Å². The van der Waals surface area contributed by atoms with Crippen LogP contribution in [0.3, 0.4) is 0 Å². The highest BCUT2D eigenvalue weighted by Gasteiger charge is 2.16. The fraction of sp³-hybridized carbons (Fsp3) is 0. The normalized spacial score (nSPS) is 11.7. The Bertz CT molecular complexity index is 3960. The molecule has 0 spiro atoms. The van der Waals surface area contributed by atoms with E-state index in [4.69, 9.17) is 0 Å². The molecule has 12 aromatic carbocycles. The van der Waals surface area contributed by atoms with E-state index >= 15 is 0 Å². The van der Waals surface area contributed by atoms with E-state index < -0.39 is 0 Å². The summed E-state index contributed by atoms with van der Waals surface area (Å²) in [5, 5.41) is 13.9. The van der Waals surface area contributed by atoms with E-state index in [2.05, 4.69) is 253 Å². The van der Waals surface area contributed by atoms with Crippen LogP contribution in [-0.4, -0.2) is 4.57 Å². The first kappa shape index (κ1) is 37.1. The molecule has 0 aliphatic heterocycles. The molecule has 0 bridgehead atoms. The molecule has 13 rings (SSSR count). The molecular formula is C64H41N. The zero-order valence-corrected chi connectivity index (χ0v) is 35.6. The van der Waals surface area contributed by atoms with Crippen molar-refractivity contribution in [3.8, 4) is 61.3 Å². The second kappa shape index (κ2) is 15.1. The lowest BCUT2D eigenvalue weighted by molar-refractivity contribution is 1.13. The second-order valence-corrected chi connectivity index (χ2v) is 17.3. The first-order valence-electron chi connectivity index (χ1n) is 22.5. The number of hydrogen-bond donors (Lipinski definition) is 0. The minimum atomic E-state index is 1.13. The molecule has 1 nitrogen and oxygen atoms in total. The van der Waals surface area contributed by atoms with Crippen LogP contribution in [0.15, 0.2) is 249 Å². The molecule has 1 heterocycles. The number of benzene rings is 12. The van der Waals surface area contributed by atoms with E-state index in [1.54, 1.807) is 0 Å². The van der Waals surface area contributed by atoms with E-state index in [0.29, 0.717) is 0 Å². The highest BCUT2D eigenvalue weighted by molar-refractivity contribution is 6.15. The Kier molecular flexibility index (Phi) is 8.60. The van der Waals surface area contributed by atoms with Gasteiger partial charge in [0.25, 0.3) is 0 Å². The van der Waals surface area contributed by atoms with Crippen molar-refractivity contribution < 1.29 is 0 Å².